The molecule has 0 bridgehead atoms. The molecule has 0 spiro atoms. The number of benzene rings is 4. The van der Waals surface area contributed by atoms with Gasteiger partial charge in [-0.2, -0.15) is 0 Å². The van der Waals surface area contributed by atoms with Crippen molar-refractivity contribution in [3.8, 4) is 11.5 Å². The van der Waals surface area contributed by atoms with Crippen LogP contribution in [-0.2, 0) is 33.1 Å². The zero-order chi connectivity index (χ0) is 27.7. The molecular weight excluding hydrogens is 494 g/mol. The Bertz CT molecular complexity index is 1340. The molecule has 200 valence electrons. The summed E-state index contributed by atoms with van der Waals surface area (Å²) < 4.78 is 17.7. The largest absolute Gasteiger partial charge is 0.497 e. The summed E-state index contributed by atoms with van der Waals surface area (Å²) in [5.41, 5.74) is 3.50. The van der Waals surface area contributed by atoms with Crippen molar-refractivity contribution < 1.29 is 28.9 Å². The first-order chi connectivity index (χ1) is 19.0. The lowest BCUT2D eigenvalue weighted by Crippen LogP contribution is -2.32. The van der Waals surface area contributed by atoms with E-state index in [0.717, 1.165) is 33.8 Å². The van der Waals surface area contributed by atoms with Crippen molar-refractivity contribution in [2.24, 2.45) is 0 Å². The third kappa shape index (κ3) is 6.34. The summed E-state index contributed by atoms with van der Waals surface area (Å²) >= 11 is 0. The van der Waals surface area contributed by atoms with Gasteiger partial charge < -0.3 is 29.4 Å². The van der Waals surface area contributed by atoms with Crippen LogP contribution >= 0.6 is 0 Å². The van der Waals surface area contributed by atoms with Crippen molar-refractivity contribution in [1.29, 1.82) is 0 Å². The number of ether oxygens (including phenoxy) is 3. The van der Waals surface area contributed by atoms with E-state index >= 15 is 0 Å². The van der Waals surface area contributed by atoms with Gasteiger partial charge in [0.2, 0.25) is 5.91 Å². The molecule has 0 unspecified atom stereocenters. The molecule has 0 fully saturated rings. The quantitative estimate of drug-likeness (QED) is 0.149. The second-order valence-electron chi connectivity index (χ2n) is 8.91. The van der Waals surface area contributed by atoms with Crippen LogP contribution in [0.1, 0.15) is 34.2 Å². The molecule has 1 amide bonds. The van der Waals surface area contributed by atoms with E-state index in [2.05, 4.69) is 5.32 Å². The lowest BCUT2D eigenvalue weighted by atomic mass is 9.80. The summed E-state index contributed by atoms with van der Waals surface area (Å²) in [5.74, 6) is 1.02. The molecule has 0 atom stereocenters. The number of carbonyl (C=O) groups excluding carboxylic acids is 2. The van der Waals surface area contributed by atoms with Gasteiger partial charge in [-0.05, 0) is 64.2 Å². The van der Waals surface area contributed by atoms with Crippen molar-refractivity contribution in [3.63, 3.8) is 0 Å². The van der Waals surface area contributed by atoms with Gasteiger partial charge in [0.15, 0.2) is 0 Å². The Morgan fingerprint density at radius 2 is 1.33 bits per heavy atom. The van der Waals surface area contributed by atoms with Gasteiger partial charge in [-0.25, -0.2) is 0 Å². The number of hydrogen-bond acceptors (Lipinski definition) is 6. The van der Waals surface area contributed by atoms with Gasteiger partial charge in [-0.15, -0.1) is 0 Å². The summed E-state index contributed by atoms with van der Waals surface area (Å²) in [6.45, 7) is -0.0669. The van der Waals surface area contributed by atoms with Gasteiger partial charge in [0.25, 0.3) is 0 Å². The number of methoxy groups -OCH3 is 2. The van der Waals surface area contributed by atoms with Gasteiger partial charge in [-0.1, -0.05) is 60.7 Å². The fourth-order valence-electron chi connectivity index (χ4n) is 4.56. The average molecular weight is 526 g/mol. The first-order valence-corrected chi connectivity index (χ1v) is 12.5. The van der Waals surface area contributed by atoms with Gasteiger partial charge in [0.05, 0.1) is 33.9 Å². The Morgan fingerprint density at radius 1 is 0.795 bits per heavy atom. The molecule has 0 saturated carbocycles. The highest BCUT2D eigenvalue weighted by Gasteiger charge is 2.38. The van der Waals surface area contributed by atoms with E-state index in [1.807, 2.05) is 84.9 Å². The zero-order valence-corrected chi connectivity index (χ0v) is 21.9. The fraction of sp³-hybridized carbons (Fsp3) is 0.188. The van der Waals surface area contributed by atoms with Gasteiger partial charge in [0, 0.05) is 5.69 Å². The number of carbonyl (C=O) groups is 2. The monoisotopic (exact) mass is 525 g/mol. The molecular formula is C32H31NO6. The molecule has 0 radical (unpaired) electrons. The van der Waals surface area contributed by atoms with Crippen molar-refractivity contribution in [1.82, 2.24) is 0 Å². The minimum Gasteiger partial charge on any atom is -0.497 e. The maximum absolute atomic E-state index is 12.0. The molecule has 4 rings (SSSR count). The number of anilines is 1. The third-order valence-corrected chi connectivity index (χ3v) is 6.42. The van der Waals surface area contributed by atoms with Crippen molar-refractivity contribution >= 4 is 17.9 Å². The number of aliphatic hydroxyl groups is 1. The fourth-order valence-corrected chi connectivity index (χ4v) is 4.56. The topological polar surface area (TPSA) is 94.1 Å². The van der Waals surface area contributed by atoms with E-state index in [1.165, 1.54) is 0 Å². The predicted octanol–water partition coefficient (Wildman–Crippen LogP) is 5.23. The number of aldehydes is 1. The molecule has 2 N–H and O–H groups in total. The number of rotatable bonds is 12. The van der Waals surface area contributed by atoms with Gasteiger partial charge in [-0.3, -0.25) is 4.79 Å². The van der Waals surface area contributed by atoms with Gasteiger partial charge >= 0.3 is 0 Å². The van der Waals surface area contributed by atoms with Crippen LogP contribution < -0.4 is 14.8 Å². The summed E-state index contributed by atoms with van der Waals surface area (Å²) in [6.07, 6.45) is 0.300. The zero-order valence-electron chi connectivity index (χ0n) is 21.9. The van der Waals surface area contributed by atoms with E-state index < -0.39 is 11.5 Å². The molecule has 4 aromatic carbocycles. The summed E-state index contributed by atoms with van der Waals surface area (Å²) in [7, 11) is 3.25. The van der Waals surface area contributed by atoms with Crippen molar-refractivity contribution in [2.45, 2.75) is 25.2 Å². The number of nitrogens with one attached hydrogen (secondary N) is 1. The highest BCUT2D eigenvalue weighted by molar-refractivity contribution is 5.98. The van der Waals surface area contributed by atoms with Crippen molar-refractivity contribution in [2.75, 3.05) is 19.5 Å². The SMILES string of the molecule is COc1ccc(C(OCc2cc(CO)cc(NC(=O)CC=O)c2)(c2ccccc2)c2ccc(OC)cc2)cc1. The Kier molecular flexibility index (Phi) is 9.10. The van der Waals surface area contributed by atoms with E-state index in [0.29, 0.717) is 17.5 Å². The second-order valence-corrected chi connectivity index (χ2v) is 8.91. The van der Waals surface area contributed by atoms with Crippen LogP contribution in [-0.4, -0.2) is 31.5 Å². The smallest absolute Gasteiger partial charge is 0.231 e. The number of aliphatic hydroxyl groups excluding tert-OH is 1. The van der Waals surface area contributed by atoms with Crippen molar-refractivity contribution in [3.05, 3.63) is 125 Å². The normalized spacial score (nSPS) is 11.1. The van der Waals surface area contributed by atoms with E-state index in [4.69, 9.17) is 14.2 Å². The first-order valence-electron chi connectivity index (χ1n) is 12.5. The van der Waals surface area contributed by atoms with Crippen LogP contribution in [0.5, 0.6) is 11.5 Å². The Balaban J connectivity index is 1.82. The van der Waals surface area contributed by atoms with E-state index in [9.17, 15) is 14.7 Å². The Morgan fingerprint density at radius 3 is 1.85 bits per heavy atom. The molecule has 0 aliphatic heterocycles. The first kappa shape index (κ1) is 27.6. The molecule has 39 heavy (non-hydrogen) atoms. The summed E-state index contributed by atoms with van der Waals surface area (Å²) in [5, 5.41) is 12.6. The van der Waals surface area contributed by atoms with Gasteiger partial charge in [0.1, 0.15) is 23.4 Å². The standard InChI is InChI=1S/C32H31NO6/c1-37-29-12-8-26(9-13-29)32(25-6-4-3-5-7-25,27-10-14-30(38-2)15-11-27)39-22-24-18-23(21-35)19-28(20-24)33-31(36)16-17-34/h3-15,17-20,35H,16,21-22H2,1-2H3,(H,33,36). The van der Waals surface area contributed by atoms with Crippen LogP contribution in [0.25, 0.3) is 0 Å². The third-order valence-electron chi connectivity index (χ3n) is 6.42. The molecule has 7 nitrogen and oxygen atoms in total. The van der Waals surface area contributed by atoms with E-state index in [-0.39, 0.29) is 19.6 Å². The second kappa shape index (κ2) is 12.9. The minimum atomic E-state index is -1.02. The Labute approximate surface area is 228 Å². The van der Waals surface area contributed by atoms with Crippen LogP contribution in [0, 0.1) is 0 Å². The Hall–Kier alpha value is -4.46. The van der Waals surface area contributed by atoms with Crippen LogP contribution in [0.3, 0.4) is 0 Å². The van der Waals surface area contributed by atoms with Crippen LogP contribution in [0.4, 0.5) is 5.69 Å². The highest BCUT2D eigenvalue weighted by atomic mass is 16.5. The molecule has 0 aliphatic rings. The van der Waals surface area contributed by atoms with Crippen LogP contribution in [0.15, 0.2) is 97.1 Å². The molecule has 0 aliphatic carbocycles. The summed E-state index contributed by atoms with van der Waals surface area (Å²) in [4.78, 5) is 22.8. The maximum atomic E-state index is 12.0. The molecule has 0 saturated heterocycles. The minimum absolute atomic E-state index is 0.150. The lowest BCUT2D eigenvalue weighted by Gasteiger charge is -2.36. The summed E-state index contributed by atoms with van der Waals surface area (Å²) in [6, 6.07) is 30.7. The number of amides is 1. The predicted molar refractivity (Wildman–Crippen MR) is 149 cm³/mol. The molecule has 7 heteroatoms. The van der Waals surface area contributed by atoms with Crippen LogP contribution in [0.2, 0.25) is 0 Å². The maximum Gasteiger partial charge on any atom is 0.231 e. The van der Waals surface area contributed by atoms with E-state index in [1.54, 1.807) is 26.4 Å². The lowest BCUT2D eigenvalue weighted by molar-refractivity contribution is -0.119. The molecule has 4 aromatic rings. The molecule has 0 aromatic heterocycles. The number of hydrogen-bond donors (Lipinski definition) is 2. The average Bonchev–Trinajstić information content (AvgIpc) is 2.98. The molecule has 0 heterocycles. The highest BCUT2D eigenvalue weighted by Crippen LogP contribution is 2.42.